The van der Waals surface area contributed by atoms with Crippen LogP contribution < -0.4 is 11.1 Å². The number of ether oxygens (including phenoxy) is 1. The van der Waals surface area contributed by atoms with E-state index in [0.29, 0.717) is 32.6 Å². The average molecular weight is 356 g/mol. The van der Waals surface area contributed by atoms with Crippen LogP contribution >= 0.6 is 36.2 Å². The van der Waals surface area contributed by atoms with E-state index < -0.39 is 5.41 Å². The van der Waals surface area contributed by atoms with Crippen molar-refractivity contribution in [3.05, 3.63) is 16.6 Å². The van der Waals surface area contributed by atoms with Crippen molar-refractivity contribution in [2.24, 2.45) is 11.1 Å². The number of aromatic nitrogens is 1. The maximum atomic E-state index is 12.5. The molecule has 3 N–H and O–H groups in total. The molecule has 0 spiro atoms. The molecule has 0 radical (unpaired) electrons. The summed E-state index contributed by atoms with van der Waals surface area (Å²) >= 11 is 1.57. The van der Waals surface area contributed by atoms with E-state index in [2.05, 4.69) is 10.3 Å². The smallest absolute Gasteiger partial charge is 0.228 e. The van der Waals surface area contributed by atoms with Crippen molar-refractivity contribution in [2.75, 3.05) is 19.8 Å². The lowest BCUT2D eigenvalue weighted by Crippen LogP contribution is -2.49. The maximum absolute atomic E-state index is 12.5. The zero-order chi connectivity index (χ0) is 13.7. The van der Waals surface area contributed by atoms with Gasteiger partial charge in [0.15, 0.2) is 0 Å². The summed E-state index contributed by atoms with van der Waals surface area (Å²) in [4.78, 5) is 16.8. The van der Waals surface area contributed by atoms with Crippen LogP contribution in [0.25, 0.3) is 0 Å². The minimum Gasteiger partial charge on any atom is -0.381 e. The number of thiazole rings is 1. The molecule has 0 bridgehead atoms. The highest BCUT2D eigenvalue weighted by atomic mass is 35.5. The predicted molar refractivity (Wildman–Crippen MR) is 89.3 cm³/mol. The lowest BCUT2D eigenvalue weighted by atomic mass is 9.79. The molecule has 1 aliphatic rings. The Labute approximate surface area is 141 Å². The third-order valence-corrected chi connectivity index (χ3v) is 4.67. The number of hydrogen-bond acceptors (Lipinski definition) is 5. The van der Waals surface area contributed by atoms with E-state index in [4.69, 9.17) is 10.5 Å². The fraction of sp³-hybridized carbons (Fsp3) is 0.692. The highest BCUT2D eigenvalue weighted by Gasteiger charge is 2.39. The van der Waals surface area contributed by atoms with Crippen molar-refractivity contribution in [1.82, 2.24) is 10.3 Å². The second-order valence-corrected chi connectivity index (χ2v) is 5.83. The van der Waals surface area contributed by atoms with Crippen LogP contribution in [-0.4, -0.2) is 30.6 Å². The first-order valence-corrected chi connectivity index (χ1v) is 7.58. The van der Waals surface area contributed by atoms with E-state index in [1.165, 1.54) is 0 Å². The summed E-state index contributed by atoms with van der Waals surface area (Å²) in [6.45, 7) is 3.64. The Balaban J connectivity index is 0.00000200. The largest absolute Gasteiger partial charge is 0.381 e. The van der Waals surface area contributed by atoms with Crippen LogP contribution in [0.2, 0.25) is 0 Å². The molecule has 1 aromatic rings. The van der Waals surface area contributed by atoms with Gasteiger partial charge in [-0.25, -0.2) is 4.98 Å². The Morgan fingerprint density at radius 1 is 1.52 bits per heavy atom. The number of nitrogens with two attached hydrogens (primary N) is 1. The average Bonchev–Trinajstić information content (AvgIpc) is 2.99. The molecule has 1 aromatic heterocycles. The Morgan fingerprint density at radius 2 is 2.19 bits per heavy atom. The van der Waals surface area contributed by atoms with Crippen LogP contribution in [0.4, 0.5) is 0 Å². The highest BCUT2D eigenvalue weighted by Crippen LogP contribution is 2.31. The van der Waals surface area contributed by atoms with E-state index in [1.807, 2.05) is 12.3 Å². The van der Waals surface area contributed by atoms with Gasteiger partial charge in [-0.15, -0.1) is 36.2 Å². The number of carbonyl (C=O) groups is 1. The van der Waals surface area contributed by atoms with Gasteiger partial charge in [-0.3, -0.25) is 4.79 Å². The molecule has 1 amide bonds. The molecule has 1 unspecified atom stereocenters. The molecule has 5 nitrogen and oxygen atoms in total. The van der Waals surface area contributed by atoms with Crippen molar-refractivity contribution in [1.29, 1.82) is 0 Å². The summed E-state index contributed by atoms with van der Waals surface area (Å²) in [5.74, 6) is 0.0420. The van der Waals surface area contributed by atoms with Gasteiger partial charge in [0.25, 0.3) is 0 Å². The topological polar surface area (TPSA) is 77.2 Å². The van der Waals surface area contributed by atoms with Crippen LogP contribution in [0.15, 0.2) is 11.6 Å². The zero-order valence-electron chi connectivity index (χ0n) is 12.0. The Hall–Kier alpha value is -0.400. The fourth-order valence-electron chi connectivity index (χ4n) is 2.34. The van der Waals surface area contributed by atoms with Crippen molar-refractivity contribution in [3.63, 3.8) is 0 Å². The molecule has 2 rings (SSSR count). The zero-order valence-corrected chi connectivity index (χ0v) is 14.5. The number of amides is 1. The quantitative estimate of drug-likeness (QED) is 0.849. The Morgan fingerprint density at radius 3 is 2.67 bits per heavy atom. The van der Waals surface area contributed by atoms with E-state index >= 15 is 0 Å². The van der Waals surface area contributed by atoms with Gasteiger partial charge in [0.1, 0.15) is 5.01 Å². The number of rotatable bonds is 5. The van der Waals surface area contributed by atoms with Crippen LogP contribution in [0.1, 0.15) is 37.2 Å². The fourth-order valence-corrected chi connectivity index (χ4v) is 3.12. The molecule has 1 atom stereocenters. The predicted octanol–water partition coefficient (Wildman–Crippen LogP) is 2.31. The number of carbonyl (C=O) groups excluding carboxylic acids is 1. The minimum absolute atomic E-state index is 0. The third-order valence-electron chi connectivity index (χ3n) is 3.79. The standard InChI is InChI=1S/C13H21N3O2S.2ClH/c1-2-10(11-15-5-8-19-11)16-12(17)13(9-14)3-6-18-7-4-13;;/h5,8,10H,2-4,6-7,9,14H2,1H3,(H,16,17);2*1H. The van der Waals surface area contributed by atoms with Gasteiger partial charge in [-0.2, -0.15) is 0 Å². The number of halogens is 2. The van der Waals surface area contributed by atoms with Crippen LogP contribution in [0.5, 0.6) is 0 Å². The molecule has 1 saturated heterocycles. The first-order chi connectivity index (χ1) is 9.22. The molecule has 8 heteroatoms. The van der Waals surface area contributed by atoms with Gasteiger partial charge < -0.3 is 15.8 Å². The second kappa shape index (κ2) is 9.58. The molecule has 0 saturated carbocycles. The minimum atomic E-state index is -0.469. The molecule has 1 fully saturated rings. The first-order valence-electron chi connectivity index (χ1n) is 6.70. The summed E-state index contributed by atoms with van der Waals surface area (Å²) in [5, 5.41) is 5.99. The Bertz CT molecular complexity index is 412. The van der Waals surface area contributed by atoms with Crippen molar-refractivity contribution < 1.29 is 9.53 Å². The lowest BCUT2D eigenvalue weighted by molar-refractivity contribution is -0.136. The maximum Gasteiger partial charge on any atom is 0.228 e. The van der Waals surface area contributed by atoms with Gasteiger partial charge in [-0.1, -0.05) is 6.92 Å². The monoisotopic (exact) mass is 355 g/mol. The Kier molecular flexibility index (Phi) is 9.40. The molecule has 0 aliphatic carbocycles. The van der Waals surface area contributed by atoms with Gasteiger partial charge >= 0.3 is 0 Å². The van der Waals surface area contributed by atoms with E-state index in [-0.39, 0.29) is 36.8 Å². The molecular formula is C13H23Cl2N3O2S. The second-order valence-electron chi connectivity index (χ2n) is 4.90. The van der Waals surface area contributed by atoms with Gasteiger partial charge in [0.2, 0.25) is 5.91 Å². The summed E-state index contributed by atoms with van der Waals surface area (Å²) in [5.41, 5.74) is 5.38. The highest BCUT2D eigenvalue weighted by molar-refractivity contribution is 7.09. The van der Waals surface area contributed by atoms with Gasteiger partial charge in [-0.05, 0) is 19.3 Å². The molecule has 1 aliphatic heterocycles. The SMILES string of the molecule is CCC(NC(=O)C1(CN)CCOCC1)c1nccs1.Cl.Cl. The summed E-state index contributed by atoms with van der Waals surface area (Å²) in [6, 6.07) is -0.0150. The van der Waals surface area contributed by atoms with Crippen molar-refractivity contribution in [2.45, 2.75) is 32.2 Å². The molecule has 122 valence electrons. The van der Waals surface area contributed by atoms with Crippen LogP contribution in [0, 0.1) is 5.41 Å². The van der Waals surface area contributed by atoms with Crippen LogP contribution in [0.3, 0.4) is 0 Å². The molecular weight excluding hydrogens is 333 g/mol. The summed E-state index contributed by atoms with van der Waals surface area (Å²) in [7, 11) is 0. The summed E-state index contributed by atoms with van der Waals surface area (Å²) in [6.07, 6.45) is 3.99. The van der Waals surface area contributed by atoms with Crippen LogP contribution in [-0.2, 0) is 9.53 Å². The van der Waals surface area contributed by atoms with Gasteiger partial charge in [0, 0.05) is 31.3 Å². The number of nitrogens with one attached hydrogen (secondary N) is 1. The van der Waals surface area contributed by atoms with E-state index in [9.17, 15) is 4.79 Å². The number of hydrogen-bond donors (Lipinski definition) is 2. The lowest BCUT2D eigenvalue weighted by Gasteiger charge is -2.35. The van der Waals surface area contributed by atoms with E-state index in [1.54, 1.807) is 17.5 Å². The normalized spacial score (nSPS) is 18.0. The summed E-state index contributed by atoms with van der Waals surface area (Å²) < 4.78 is 5.33. The molecule has 0 aromatic carbocycles. The van der Waals surface area contributed by atoms with Gasteiger partial charge in [0.05, 0.1) is 11.5 Å². The number of nitrogens with zero attached hydrogens (tertiary/aromatic N) is 1. The van der Waals surface area contributed by atoms with E-state index in [0.717, 1.165) is 11.4 Å². The molecule has 2 heterocycles. The van der Waals surface area contributed by atoms with Crippen molar-refractivity contribution >= 4 is 42.1 Å². The first kappa shape index (κ1) is 20.6. The molecule has 21 heavy (non-hydrogen) atoms. The van der Waals surface area contributed by atoms with Crippen molar-refractivity contribution in [3.8, 4) is 0 Å². The third kappa shape index (κ3) is 4.79.